The summed E-state index contributed by atoms with van der Waals surface area (Å²) >= 11 is 0. The van der Waals surface area contributed by atoms with Crippen molar-refractivity contribution in [2.75, 3.05) is 29.5 Å². The van der Waals surface area contributed by atoms with Gasteiger partial charge >= 0.3 is 0 Å². The summed E-state index contributed by atoms with van der Waals surface area (Å²) in [7, 11) is 0. The van der Waals surface area contributed by atoms with Crippen LogP contribution in [0.5, 0.6) is 11.5 Å². The number of ether oxygens (including phenoxy) is 1. The zero-order chi connectivity index (χ0) is 20.7. The molecule has 0 amide bonds. The first-order valence-corrected chi connectivity index (χ1v) is 10.0. The molecule has 8 heteroatoms. The number of aliphatic imine (C=N–C) groups is 1. The van der Waals surface area contributed by atoms with Crippen LogP contribution in [0.3, 0.4) is 0 Å². The lowest BCUT2D eigenvalue weighted by Gasteiger charge is -2.28. The van der Waals surface area contributed by atoms with Crippen LogP contribution in [0.1, 0.15) is 24.8 Å². The lowest BCUT2D eigenvalue weighted by molar-refractivity contribution is 0.485. The van der Waals surface area contributed by atoms with Crippen molar-refractivity contribution in [1.82, 2.24) is 9.97 Å². The SMILES string of the molecule is NC1=Nc2ccccc2Oc2cc(-c3cc(N4CCCCC4)nc(N)n3)cc(N)c21. The van der Waals surface area contributed by atoms with Gasteiger partial charge in [0.25, 0.3) is 0 Å². The first kappa shape index (κ1) is 18.2. The fraction of sp³-hybridized carbons (Fsp3) is 0.227. The van der Waals surface area contributed by atoms with Gasteiger partial charge in [-0.1, -0.05) is 12.1 Å². The Morgan fingerprint density at radius 2 is 1.67 bits per heavy atom. The second-order valence-corrected chi connectivity index (χ2v) is 7.52. The molecular formula is C22H23N7O. The fourth-order valence-electron chi connectivity index (χ4n) is 3.96. The van der Waals surface area contributed by atoms with Crippen LogP contribution in [0, 0.1) is 0 Å². The van der Waals surface area contributed by atoms with E-state index in [9.17, 15) is 0 Å². The molecule has 3 aromatic rings. The maximum Gasteiger partial charge on any atom is 0.222 e. The molecule has 152 valence electrons. The van der Waals surface area contributed by atoms with E-state index < -0.39 is 0 Å². The van der Waals surface area contributed by atoms with E-state index in [1.807, 2.05) is 42.5 Å². The van der Waals surface area contributed by atoms with Crippen molar-refractivity contribution in [2.24, 2.45) is 10.7 Å². The minimum absolute atomic E-state index is 0.230. The highest BCUT2D eigenvalue weighted by Crippen LogP contribution is 2.41. The first-order chi connectivity index (χ1) is 14.6. The monoisotopic (exact) mass is 401 g/mol. The van der Waals surface area contributed by atoms with Crippen LogP contribution >= 0.6 is 0 Å². The predicted molar refractivity (Wildman–Crippen MR) is 119 cm³/mol. The molecule has 1 aromatic heterocycles. The summed E-state index contributed by atoms with van der Waals surface area (Å²) in [6, 6.07) is 13.1. The van der Waals surface area contributed by atoms with E-state index in [4.69, 9.17) is 21.9 Å². The number of benzene rings is 2. The Morgan fingerprint density at radius 3 is 2.50 bits per heavy atom. The molecule has 0 radical (unpaired) electrons. The number of nitrogens with zero attached hydrogens (tertiary/aromatic N) is 4. The average Bonchev–Trinajstić information content (AvgIpc) is 2.89. The van der Waals surface area contributed by atoms with Gasteiger partial charge in [-0.2, -0.15) is 4.98 Å². The third-order valence-corrected chi connectivity index (χ3v) is 5.42. The molecule has 3 heterocycles. The Bertz CT molecular complexity index is 1150. The van der Waals surface area contributed by atoms with Gasteiger partial charge in [0.2, 0.25) is 5.95 Å². The minimum atomic E-state index is 0.230. The number of nitrogen functional groups attached to an aromatic ring is 2. The Balaban J connectivity index is 1.60. The summed E-state index contributed by atoms with van der Waals surface area (Å²) in [6.45, 7) is 1.93. The Hall–Kier alpha value is -3.81. The zero-order valence-electron chi connectivity index (χ0n) is 16.5. The molecule has 0 saturated carbocycles. The van der Waals surface area contributed by atoms with Gasteiger partial charge in [0.05, 0.1) is 11.3 Å². The molecule has 0 unspecified atom stereocenters. The van der Waals surface area contributed by atoms with Crippen molar-refractivity contribution in [1.29, 1.82) is 0 Å². The third-order valence-electron chi connectivity index (χ3n) is 5.42. The third kappa shape index (κ3) is 3.26. The van der Waals surface area contributed by atoms with Gasteiger partial charge in [0.1, 0.15) is 23.1 Å². The number of hydrogen-bond acceptors (Lipinski definition) is 8. The Labute approximate surface area is 174 Å². The van der Waals surface area contributed by atoms with Gasteiger partial charge in [-0.3, -0.25) is 0 Å². The lowest BCUT2D eigenvalue weighted by atomic mass is 10.0. The highest BCUT2D eigenvalue weighted by Gasteiger charge is 2.21. The number of para-hydroxylation sites is 2. The van der Waals surface area contributed by atoms with E-state index in [0.29, 0.717) is 40.0 Å². The van der Waals surface area contributed by atoms with Crippen molar-refractivity contribution in [2.45, 2.75) is 19.3 Å². The normalized spacial score (nSPS) is 15.5. The van der Waals surface area contributed by atoms with Crippen molar-refractivity contribution in [3.05, 3.63) is 48.0 Å². The molecule has 8 nitrogen and oxygen atoms in total. The van der Waals surface area contributed by atoms with E-state index in [-0.39, 0.29) is 5.95 Å². The predicted octanol–water partition coefficient (Wildman–Crippen LogP) is 3.44. The number of aromatic nitrogens is 2. The molecule has 6 N–H and O–H groups in total. The number of rotatable bonds is 2. The van der Waals surface area contributed by atoms with E-state index in [2.05, 4.69) is 19.9 Å². The van der Waals surface area contributed by atoms with E-state index in [1.54, 1.807) is 0 Å². The van der Waals surface area contributed by atoms with Gasteiger partial charge in [-0.25, -0.2) is 9.98 Å². The molecule has 2 aliphatic heterocycles. The van der Waals surface area contributed by atoms with Crippen molar-refractivity contribution in [3.8, 4) is 22.8 Å². The number of nitrogens with two attached hydrogens (primary N) is 3. The van der Waals surface area contributed by atoms with Gasteiger partial charge < -0.3 is 26.8 Å². The van der Waals surface area contributed by atoms with Gasteiger partial charge in [-0.15, -0.1) is 0 Å². The molecule has 2 aliphatic rings. The largest absolute Gasteiger partial charge is 0.454 e. The van der Waals surface area contributed by atoms with E-state index >= 15 is 0 Å². The molecule has 30 heavy (non-hydrogen) atoms. The number of hydrogen-bond donors (Lipinski definition) is 3. The van der Waals surface area contributed by atoms with Crippen LogP contribution in [0.15, 0.2) is 47.5 Å². The van der Waals surface area contributed by atoms with Crippen LogP contribution in [0.25, 0.3) is 11.3 Å². The first-order valence-electron chi connectivity index (χ1n) is 10.0. The maximum absolute atomic E-state index is 6.37. The smallest absolute Gasteiger partial charge is 0.222 e. The van der Waals surface area contributed by atoms with Crippen LogP contribution < -0.4 is 26.8 Å². The summed E-state index contributed by atoms with van der Waals surface area (Å²) < 4.78 is 6.13. The van der Waals surface area contributed by atoms with Gasteiger partial charge in [-0.05, 0) is 43.5 Å². The van der Waals surface area contributed by atoms with Crippen LogP contribution in [0.4, 0.5) is 23.1 Å². The average molecular weight is 401 g/mol. The second kappa shape index (κ2) is 7.22. The number of anilines is 3. The standard InChI is InChI=1S/C22H23N7O/c23-14-10-13(16-12-19(28-22(25)27-16)29-8-4-1-5-9-29)11-18-20(14)21(24)26-15-6-2-3-7-17(15)30-18/h2-3,6-7,10-12H,1,4-5,8-9,23H2,(H2,24,26)(H2,25,27,28). The number of piperidine rings is 1. The van der Waals surface area contributed by atoms with E-state index in [1.165, 1.54) is 6.42 Å². The second-order valence-electron chi connectivity index (χ2n) is 7.52. The van der Waals surface area contributed by atoms with E-state index in [0.717, 1.165) is 37.3 Å². The molecule has 0 bridgehead atoms. The molecule has 0 aliphatic carbocycles. The fourth-order valence-corrected chi connectivity index (χ4v) is 3.96. The summed E-state index contributed by atoms with van der Waals surface area (Å²) in [5, 5.41) is 0. The molecule has 0 spiro atoms. The van der Waals surface area contributed by atoms with Crippen LogP contribution in [-0.2, 0) is 0 Å². The molecule has 2 aromatic carbocycles. The highest BCUT2D eigenvalue weighted by atomic mass is 16.5. The zero-order valence-corrected chi connectivity index (χ0v) is 16.5. The summed E-state index contributed by atoms with van der Waals surface area (Å²) in [5.41, 5.74) is 21.8. The van der Waals surface area contributed by atoms with Crippen molar-refractivity contribution < 1.29 is 4.74 Å². The van der Waals surface area contributed by atoms with Crippen molar-refractivity contribution in [3.63, 3.8) is 0 Å². The topological polar surface area (TPSA) is 129 Å². The summed E-state index contributed by atoms with van der Waals surface area (Å²) in [5.74, 6) is 2.53. The van der Waals surface area contributed by atoms with Gasteiger partial charge in [0, 0.05) is 30.4 Å². The van der Waals surface area contributed by atoms with Gasteiger partial charge in [0.15, 0.2) is 5.75 Å². The molecular weight excluding hydrogens is 378 g/mol. The highest BCUT2D eigenvalue weighted by molar-refractivity contribution is 6.07. The van der Waals surface area contributed by atoms with Crippen LogP contribution in [-0.4, -0.2) is 28.9 Å². The lowest BCUT2D eigenvalue weighted by Crippen LogP contribution is -2.30. The number of amidine groups is 1. The molecule has 1 fully saturated rings. The molecule has 1 saturated heterocycles. The Morgan fingerprint density at radius 1 is 0.867 bits per heavy atom. The Kier molecular flexibility index (Phi) is 4.39. The maximum atomic E-state index is 6.37. The van der Waals surface area contributed by atoms with Crippen molar-refractivity contribution >= 4 is 29.0 Å². The summed E-state index contributed by atoms with van der Waals surface area (Å²) in [4.78, 5) is 15.6. The minimum Gasteiger partial charge on any atom is -0.454 e. The quantitative estimate of drug-likeness (QED) is 0.561. The number of fused-ring (bicyclic) bond motifs is 2. The van der Waals surface area contributed by atoms with Crippen LogP contribution in [0.2, 0.25) is 0 Å². The molecule has 0 atom stereocenters. The summed E-state index contributed by atoms with van der Waals surface area (Å²) in [6.07, 6.45) is 3.54. The molecule has 5 rings (SSSR count).